The molecule has 3 N–H and O–H groups in total. The van der Waals surface area contributed by atoms with Gasteiger partial charge in [-0.3, -0.25) is 9.59 Å². The summed E-state index contributed by atoms with van der Waals surface area (Å²) in [5.74, 6) is -0.369. The lowest BCUT2D eigenvalue weighted by atomic mass is 10.2. The molecule has 0 aliphatic carbocycles. The Balaban J connectivity index is 1.89. The highest BCUT2D eigenvalue weighted by Gasteiger charge is 2.06. The van der Waals surface area contributed by atoms with E-state index in [1.54, 1.807) is 42.5 Å². The maximum Gasteiger partial charge on any atom is 0.251 e. The first-order valence-electron chi connectivity index (χ1n) is 7.36. The fraction of sp³-hybridized carbons (Fsp3) is 0.176. The van der Waals surface area contributed by atoms with Gasteiger partial charge in [-0.2, -0.15) is 0 Å². The first kappa shape index (κ1) is 18.1. The van der Waals surface area contributed by atoms with Crippen LogP contribution >= 0.6 is 23.2 Å². The van der Waals surface area contributed by atoms with Gasteiger partial charge in [0, 0.05) is 33.5 Å². The molecule has 0 saturated heterocycles. The molecule has 2 amide bonds. The average Bonchev–Trinajstić information content (AvgIpc) is 2.53. The minimum Gasteiger partial charge on any atom is -0.376 e. The first-order valence-corrected chi connectivity index (χ1v) is 8.11. The number of benzene rings is 2. The Hall–Kier alpha value is -2.24. The second-order valence-electron chi connectivity index (χ2n) is 5.00. The summed E-state index contributed by atoms with van der Waals surface area (Å²) in [6.07, 6.45) is 0. The van der Waals surface area contributed by atoms with Crippen LogP contribution in [-0.4, -0.2) is 24.9 Å². The van der Waals surface area contributed by atoms with Crippen molar-refractivity contribution in [2.45, 2.75) is 6.92 Å². The summed E-state index contributed by atoms with van der Waals surface area (Å²) in [4.78, 5) is 23.6. The highest BCUT2D eigenvalue weighted by molar-refractivity contribution is 6.35. The summed E-state index contributed by atoms with van der Waals surface area (Å²) in [5, 5.41) is 9.38. The average molecular weight is 366 g/mol. The van der Waals surface area contributed by atoms with E-state index < -0.39 is 0 Å². The van der Waals surface area contributed by atoms with E-state index in [9.17, 15) is 9.59 Å². The molecule has 126 valence electrons. The number of hydrogen-bond donors (Lipinski definition) is 3. The van der Waals surface area contributed by atoms with Gasteiger partial charge in [-0.25, -0.2) is 0 Å². The Bertz CT molecular complexity index is 713. The van der Waals surface area contributed by atoms with Gasteiger partial charge in [0.2, 0.25) is 5.91 Å². The molecule has 0 radical (unpaired) electrons. The smallest absolute Gasteiger partial charge is 0.251 e. The van der Waals surface area contributed by atoms with Crippen molar-refractivity contribution in [1.29, 1.82) is 0 Å². The Labute approximate surface area is 150 Å². The van der Waals surface area contributed by atoms with E-state index in [4.69, 9.17) is 23.2 Å². The molecule has 2 aromatic rings. The molecule has 2 aromatic carbocycles. The fourth-order valence-corrected chi connectivity index (χ4v) is 2.54. The monoisotopic (exact) mass is 365 g/mol. The molecule has 24 heavy (non-hydrogen) atoms. The van der Waals surface area contributed by atoms with E-state index in [-0.39, 0.29) is 18.4 Å². The highest BCUT2D eigenvalue weighted by Crippen LogP contribution is 2.22. The largest absolute Gasteiger partial charge is 0.376 e. The number of carbonyl (C=O) groups is 2. The zero-order valence-electron chi connectivity index (χ0n) is 13.0. The molecule has 0 spiro atoms. The van der Waals surface area contributed by atoms with Crippen LogP contribution in [0.2, 0.25) is 10.0 Å². The third-order valence-electron chi connectivity index (χ3n) is 3.08. The first-order chi connectivity index (χ1) is 11.5. The molecule has 0 heterocycles. The molecule has 0 saturated carbocycles. The van der Waals surface area contributed by atoms with Crippen molar-refractivity contribution < 1.29 is 9.59 Å². The van der Waals surface area contributed by atoms with E-state index in [2.05, 4.69) is 16.0 Å². The maximum absolute atomic E-state index is 12.0. The van der Waals surface area contributed by atoms with Crippen LogP contribution in [0.1, 0.15) is 17.3 Å². The van der Waals surface area contributed by atoms with Gasteiger partial charge in [0.25, 0.3) is 5.91 Å². The predicted octanol–water partition coefficient (Wildman–Crippen LogP) is 3.79. The van der Waals surface area contributed by atoms with E-state index >= 15 is 0 Å². The maximum atomic E-state index is 12.0. The van der Waals surface area contributed by atoms with Crippen LogP contribution in [0.3, 0.4) is 0 Å². The topological polar surface area (TPSA) is 70.2 Å². The van der Waals surface area contributed by atoms with Crippen LogP contribution in [0.25, 0.3) is 0 Å². The normalized spacial score (nSPS) is 10.1. The molecular formula is C17H17Cl2N3O2. The van der Waals surface area contributed by atoms with E-state index in [0.29, 0.717) is 33.5 Å². The van der Waals surface area contributed by atoms with Crippen LogP contribution in [0, 0.1) is 0 Å². The van der Waals surface area contributed by atoms with Gasteiger partial charge >= 0.3 is 0 Å². The molecular weight excluding hydrogens is 349 g/mol. The number of rotatable bonds is 6. The lowest BCUT2D eigenvalue weighted by Gasteiger charge is -2.09. The molecule has 2 rings (SSSR count). The molecule has 0 atom stereocenters. The minimum absolute atomic E-state index is 0.0642. The molecule has 5 nitrogen and oxygen atoms in total. The number of carbonyl (C=O) groups excluding carboxylic acids is 2. The van der Waals surface area contributed by atoms with Crippen molar-refractivity contribution in [3.05, 3.63) is 58.1 Å². The van der Waals surface area contributed by atoms with Gasteiger partial charge in [-0.1, -0.05) is 23.2 Å². The fourth-order valence-electron chi connectivity index (χ4n) is 2.01. The lowest BCUT2D eigenvalue weighted by molar-refractivity contribution is -0.114. The summed E-state index contributed by atoms with van der Waals surface area (Å²) < 4.78 is 0. The van der Waals surface area contributed by atoms with Crippen molar-refractivity contribution in [3.63, 3.8) is 0 Å². The van der Waals surface area contributed by atoms with Crippen molar-refractivity contribution in [3.8, 4) is 0 Å². The Morgan fingerprint density at radius 2 is 1.58 bits per heavy atom. The molecule has 7 heteroatoms. The van der Waals surface area contributed by atoms with Crippen LogP contribution in [-0.2, 0) is 4.79 Å². The van der Waals surface area contributed by atoms with Crippen molar-refractivity contribution in [2.75, 3.05) is 23.7 Å². The van der Waals surface area contributed by atoms with Crippen LogP contribution in [0.15, 0.2) is 42.5 Å². The zero-order valence-corrected chi connectivity index (χ0v) is 14.5. The van der Waals surface area contributed by atoms with Gasteiger partial charge in [0.1, 0.15) is 0 Å². The van der Waals surface area contributed by atoms with E-state index in [1.165, 1.54) is 0 Å². The van der Waals surface area contributed by atoms with Crippen molar-refractivity contribution in [1.82, 2.24) is 5.32 Å². The number of anilines is 2. The zero-order chi connectivity index (χ0) is 17.5. The van der Waals surface area contributed by atoms with Gasteiger partial charge < -0.3 is 16.0 Å². The van der Waals surface area contributed by atoms with Gasteiger partial charge in [-0.15, -0.1) is 0 Å². The second kappa shape index (κ2) is 8.57. The van der Waals surface area contributed by atoms with Crippen LogP contribution in [0.4, 0.5) is 11.4 Å². The molecule has 0 fully saturated rings. The summed E-state index contributed by atoms with van der Waals surface area (Å²) >= 11 is 11.8. The van der Waals surface area contributed by atoms with Crippen LogP contribution in [0.5, 0.6) is 0 Å². The third-order valence-corrected chi connectivity index (χ3v) is 3.52. The molecule has 0 unspecified atom stereocenters. The summed E-state index contributed by atoms with van der Waals surface area (Å²) in [6, 6.07) is 11.7. The Morgan fingerprint density at radius 1 is 0.958 bits per heavy atom. The summed E-state index contributed by atoms with van der Waals surface area (Å²) in [7, 11) is 0. The number of amides is 2. The quantitative estimate of drug-likeness (QED) is 0.729. The Morgan fingerprint density at radius 3 is 2.17 bits per heavy atom. The number of nitrogens with one attached hydrogen (secondary N) is 3. The predicted molar refractivity (Wildman–Crippen MR) is 98.0 cm³/mol. The summed E-state index contributed by atoms with van der Waals surface area (Å²) in [5.41, 5.74) is 1.81. The lowest BCUT2D eigenvalue weighted by Crippen LogP contribution is -2.23. The molecule has 0 bridgehead atoms. The standard InChI is InChI=1S/C17H17Cl2N3O2/c1-2-20-17(24)11-3-5-14(6-4-11)22-16(23)10-21-15-8-12(18)7-13(19)9-15/h3-9,21H,2,10H2,1H3,(H,20,24)(H,22,23). The van der Waals surface area contributed by atoms with Crippen molar-refractivity contribution >= 4 is 46.4 Å². The van der Waals surface area contributed by atoms with Crippen molar-refractivity contribution in [2.24, 2.45) is 0 Å². The second-order valence-corrected chi connectivity index (χ2v) is 5.87. The van der Waals surface area contributed by atoms with Gasteiger partial charge in [0.05, 0.1) is 6.54 Å². The molecule has 0 aromatic heterocycles. The number of hydrogen-bond acceptors (Lipinski definition) is 3. The van der Waals surface area contributed by atoms with Gasteiger partial charge in [-0.05, 0) is 49.4 Å². The van der Waals surface area contributed by atoms with Crippen LogP contribution < -0.4 is 16.0 Å². The van der Waals surface area contributed by atoms with E-state index in [0.717, 1.165) is 0 Å². The molecule has 0 aliphatic heterocycles. The Kier molecular flexibility index (Phi) is 6.46. The minimum atomic E-state index is -0.225. The molecule has 0 aliphatic rings. The highest BCUT2D eigenvalue weighted by atomic mass is 35.5. The number of halogens is 2. The SMILES string of the molecule is CCNC(=O)c1ccc(NC(=O)CNc2cc(Cl)cc(Cl)c2)cc1. The third kappa shape index (κ3) is 5.44. The summed E-state index contributed by atoms with van der Waals surface area (Å²) in [6.45, 7) is 2.48. The van der Waals surface area contributed by atoms with E-state index in [1.807, 2.05) is 6.92 Å². The van der Waals surface area contributed by atoms with Gasteiger partial charge in [0.15, 0.2) is 0 Å².